The first-order valence-electron chi connectivity index (χ1n) is 6.69. The monoisotopic (exact) mass is 293 g/mol. The number of aromatic carboxylic acids is 1. The number of rotatable bonds is 4. The molecule has 1 heterocycles. The molecule has 1 aliphatic rings. The van der Waals surface area contributed by atoms with Gasteiger partial charge in [-0.3, -0.25) is 4.79 Å². The number of nitrogens with two attached hydrogens (primary N) is 1. The predicted molar refractivity (Wildman–Crippen MR) is 77.4 cm³/mol. The number of ether oxygens (including phenoxy) is 1. The van der Waals surface area contributed by atoms with Crippen molar-refractivity contribution in [3.63, 3.8) is 0 Å². The molecule has 3 N–H and O–H groups in total. The van der Waals surface area contributed by atoms with Gasteiger partial charge in [-0.25, -0.2) is 4.79 Å². The number of nitrogen functional groups attached to an aromatic ring is 1. The van der Waals surface area contributed by atoms with Crippen molar-refractivity contribution in [1.29, 1.82) is 0 Å². The lowest BCUT2D eigenvalue weighted by molar-refractivity contribution is -0.134. The van der Waals surface area contributed by atoms with E-state index in [9.17, 15) is 9.59 Å². The Hall–Kier alpha value is -2.28. The minimum Gasteiger partial charge on any atom is -0.484 e. The second kappa shape index (κ2) is 6.45. The van der Waals surface area contributed by atoms with Gasteiger partial charge in [0.1, 0.15) is 5.75 Å². The third kappa shape index (κ3) is 3.85. The highest BCUT2D eigenvalue weighted by atomic mass is 16.5. The van der Waals surface area contributed by atoms with Crippen molar-refractivity contribution in [2.75, 3.05) is 45.6 Å². The molecule has 0 aromatic heterocycles. The quantitative estimate of drug-likeness (QED) is 0.766. The fourth-order valence-electron chi connectivity index (χ4n) is 2.10. The van der Waals surface area contributed by atoms with Crippen molar-refractivity contribution in [1.82, 2.24) is 9.80 Å². The number of piperazine rings is 1. The van der Waals surface area contributed by atoms with E-state index < -0.39 is 5.97 Å². The Labute approximate surface area is 122 Å². The maximum Gasteiger partial charge on any atom is 0.337 e. The number of hydrogen-bond donors (Lipinski definition) is 2. The average Bonchev–Trinajstić information content (AvgIpc) is 2.46. The van der Waals surface area contributed by atoms with Crippen LogP contribution in [0.2, 0.25) is 0 Å². The zero-order valence-corrected chi connectivity index (χ0v) is 11.9. The van der Waals surface area contributed by atoms with Gasteiger partial charge in [-0.2, -0.15) is 0 Å². The Morgan fingerprint density at radius 2 is 1.95 bits per heavy atom. The lowest BCUT2D eigenvalue weighted by Crippen LogP contribution is -2.48. The smallest absolute Gasteiger partial charge is 0.337 e. The van der Waals surface area contributed by atoms with Gasteiger partial charge in [0.05, 0.1) is 5.56 Å². The standard InChI is InChI=1S/C14H19N3O4/c1-16-4-6-17(7-5-16)13(18)9-21-10-2-3-12(15)11(8-10)14(19)20/h2-3,8H,4-7,9,15H2,1H3,(H,19,20). The van der Waals surface area contributed by atoms with Crippen LogP contribution in [0.15, 0.2) is 18.2 Å². The molecule has 1 aromatic rings. The molecule has 1 aliphatic heterocycles. The van der Waals surface area contributed by atoms with Crippen molar-refractivity contribution in [3.8, 4) is 5.75 Å². The molecule has 1 aromatic carbocycles. The molecule has 0 saturated carbocycles. The molecule has 1 amide bonds. The van der Waals surface area contributed by atoms with Gasteiger partial charge in [0.25, 0.3) is 5.91 Å². The summed E-state index contributed by atoms with van der Waals surface area (Å²) < 4.78 is 5.37. The van der Waals surface area contributed by atoms with Crippen LogP contribution in [0.5, 0.6) is 5.75 Å². The summed E-state index contributed by atoms with van der Waals surface area (Å²) in [5.41, 5.74) is 5.70. The highest BCUT2D eigenvalue weighted by molar-refractivity contribution is 5.94. The number of likely N-dealkylation sites (N-methyl/N-ethyl adjacent to an activating group) is 1. The lowest BCUT2D eigenvalue weighted by Gasteiger charge is -2.32. The summed E-state index contributed by atoms with van der Waals surface area (Å²) in [6.07, 6.45) is 0. The molecule has 0 atom stereocenters. The molecule has 0 unspecified atom stereocenters. The van der Waals surface area contributed by atoms with Crippen molar-refractivity contribution in [2.45, 2.75) is 0 Å². The molecule has 7 nitrogen and oxygen atoms in total. The van der Waals surface area contributed by atoms with Crippen molar-refractivity contribution in [2.24, 2.45) is 0 Å². The molecule has 1 fully saturated rings. The average molecular weight is 293 g/mol. The summed E-state index contributed by atoms with van der Waals surface area (Å²) in [7, 11) is 2.01. The summed E-state index contributed by atoms with van der Waals surface area (Å²) in [6.45, 7) is 2.95. The number of carbonyl (C=O) groups is 2. The predicted octanol–water partition coefficient (Wildman–Crippen LogP) is 0.120. The Morgan fingerprint density at radius 1 is 1.29 bits per heavy atom. The van der Waals surface area contributed by atoms with Crippen LogP contribution in [0.25, 0.3) is 0 Å². The van der Waals surface area contributed by atoms with E-state index in [1.54, 1.807) is 11.0 Å². The first-order chi connectivity index (χ1) is 9.97. The van der Waals surface area contributed by atoms with Crippen molar-refractivity contribution in [3.05, 3.63) is 23.8 Å². The zero-order chi connectivity index (χ0) is 15.4. The normalized spacial score (nSPS) is 15.8. The van der Waals surface area contributed by atoms with E-state index in [4.69, 9.17) is 15.6 Å². The van der Waals surface area contributed by atoms with Gasteiger partial charge in [0.15, 0.2) is 6.61 Å². The summed E-state index contributed by atoms with van der Waals surface area (Å²) in [4.78, 5) is 26.9. The van der Waals surface area contributed by atoms with E-state index in [0.29, 0.717) is 18.8 Å². The van der Waals surface area contributed by atoms with Crippen molar-refractivity contribution < 1.29 is 19.4 Å². The number of amides is 1. The third-order valence-electron chi connectivity index (χ3n) is 3.47. The minimum absolute atomic E-state index is 0.0282. The molecule has 21 heavy (non-hydrogen) atoms. The fraction of sp³-hybridized carbons (Fsp3) is 0.429. The number of carboxylic acid groups (broad SMARTS) is 1. The first-order valence-corrected chi connectivity index (χ1v) is 6.69. The molecule has 2 rings (SSSR count). The second-order valence-corrected chi connectivity index (χ2v) is 5.03. The highest BCUT2D eigenvalue weighted by Crippen LogP contribution is 2.19. The Bertz CT molecular complexity index is 539. The van der Waals surface area contributed by atoms with E-state index in [-0.39, 0.29) is 23.8 Å². The van der Waals surface area contributed by atoms with E-state index >= 15 is 0 Å². The van der Waals surface area contributed by atoms with Gasteiger partial charge in [-0.1, -0.05) is 0 Å². The molecule has 0 spiro atoms. The van der Waals surface area contributed by atoms with Crippen LogP contribution >= 0.6 is 0 Å². The number of nitrogens with zero attached hydrogens (tertiary/aromatic N) is 2. The first kappa shape index (κ1) is 15.1. The van der Waals surface area contributed by atoms with Gasteiger partial charge in [-0.05, 0) is 25.2 Å². The van der Waals surface area contributed by atoms with Crippen LogP contribution in [-0.4, -0.2) is 66.6 Å². The summed E-state index contributed by atoms with van der Waals surface area (Å²) >= 11 is 0. The second-order valence-electron chi connectivity index (χ2n) is 5.03. The topological polar surface area (TPSA) is 96.1 Å². The van der Waals surface area contributed by atoms with Crippen LogP contribution < -0.4 is 10.5 Å². The molecule has 114 valence electrons. The third-order valence-corrected chi connectivity index (χ3v) is 3.47. The molecule has 0 aliphatic carbocycles. The Morgan fingerprint density at radius 3 is 2.57 bits per heavy atom. The molecule has 1 saturated heterocycles. The highest BCUT2D eigenvalue weighted by Gasteiger charge is 2.19. The number of anilines is 1. The van der Waals surface area contributed by atoms with E-state index in [1.807, 2.05) is 7.05 Å². The van der Waals surface area contributed by atoms with E-state index in [0.717, 1.165) is 13.1 Å². The largest absolute Gasteiger partial charge is 0.484 e. The molecule has 0 bridgehead atoms. The maximum atomic E-state index is 12.0. The fourth-order valence-corrected chi connectivity index (χ4v) is 2.10. The van der Waals surface area contributed by atoms with Gasteiger partial charge >= 0.3 is 5.97 Å². The van der Waals surface area contributed by atoms with Crippen LogP contribution in [0.4, 0.5) is 5.69 Å². The van der Waals surface area contributed by atoms with Crippen LogP contribution in [-0.2, 0) is 4.79 Å². The maximum absolute atomic E-state index is 12.0. The number of carbonyl (C=O) groups excluding carboxylic acids is 1. The summed E-state index contributed by atoms with van der Waals surface area (Å²) in [5.74, 6) is -0.899. The molecular formula is C14H19N3O4. The van der Waals surface area contributed by atoms with Crippen molar-refractivity contribution >= 4 is 17.6 Å². The van der Waals surface area contributed by atoms with Crippen LogP contribution in [0.1, 0.15) is 10.4 Å². The van der Waals surface area contributed by atoms with Crippen LogP contribution in [0, 0.1) is 0 Å². The van der Waals surface area contributed by atoms with Gasteiger partial charge in [-0.15, -0.1) is 0 Å². The zero-order valence-electron chi connectivity index (χ0n) is 11.9. The number of hydrogen-bond acceptors (Lipinski definition) is 5. The molecular weight excluding hydrogens is 274 g/mol. The molecule has 7 heteroatoms. The lowest BCUT2D eigenvalue weighted by atomic mass is 10.2. The van der Waals surface area contributed by atoms with Gasteiger partial charge < -0.3 is 25.4 Å². The summed E-state index contributed by atoms with van der Waals surface area (Å²) in [5, 5.41) is 8.98. The number of carboxylic acids is 1. The van der Waals surface area contributed by atoms with E-state index in [2.05, 4.69) is 4.90 Å². The Balaban J connectivity index is 1.92. The number of benzene rings is 1. The van der Waals surface area contributed by atoms with Gasteiger partial charge in [0.2, 0.25) is 0 Å². The van der Waals surface area contributed by atoms with Gasteiger partial charge in [0, 0.05) is 31.9 Å². The van der Waals surface area contributed by atoms with E-state index in [1.165, 1.54) is 12.1 Å². The molecule has 0 radical (unpaired) electrons. The summed E-state index contributed by atoms with van der Waals surface area (Å²) in [6, 6.07) is 4.34. The SMILES string of the molecule is CN1CCN(C(=O)COc2ccc(N)c(C(=O)O)c2)CC1. The van der Waals surface area contributed by atoms with Crippen LogP contribution in [0.3, 0.4) is 0 Å². The minimum atomic E-state index is -1.12. The Kier molecular flexibility index (Phi) is 4.64.